The molecule has 4 aromatic rings. The van der Waals surface area contributed by atoms with Gasteiger partial charge in [0.05, 0.1) is 25.6 Å². The summed E-state index contributed by atoms with van der Waals surface area (Å²) in [6.07, 6.45) is -2.70. The van der Waals surface area contributed by atoms with E-state index in [0.29, 0.717) is 30.6 Å². The molecule has 7 nitrogen and oxygen atoms in total. The van der Waals surface area contributed by atoms with Gasteiger partial charge in [-0.3, -0.25) is 4.57 Å². The van der Waals surface area contributed by atoms with Crippen LogP contribution in [0.3, 0.4) is 0 Å². The Hall–Kier alpha value is -4.41. The van der Waals surface area contributed by atoms with Gasteiger partial charge in [0, 0.05) is 24.6 Å². The van der Waals surface area contributed by atoms with E-state index >= 15 is 0 Å². The van der Waals surface area contributed by atoms with E-state index in [1.165, 1.54) is 12.1 Å². The molecular weight excluding hydrogens is 506 g/mol. The predicted molar refractivity (Wildman–Crippen MR) is 129 cm³/mol. The predicted octanol–water partition coefficient (Wildman–Crippen LogP) is 5.44. The van der Waals surface area contributed by atoms with Gasteiger partial charge in [-0.15, -0.1) is 0 Å². The lowest BCUT2D eigenvalue weighted by molar-refractivity contribution is -0.141. The van der Waals surface area contributed by atoms with Gasteiger partial charge >= 0.3 is 11.9 Å². The van der Waals surface area contributed by atoms with Crippen LogP contribution in [0.4, 0.5) is 17.6 Å². The van der Waals surface area contributed by atoms with Crippen molar-refractivity contribution in [2.75, 3.05) is 13.7 Å². The van der Waals surface area contributed by atoms with Gasteiger partial charge < -0.3 is 14.2 Å². The summed E-state index contributed by atoms with van der Waals surface area (Å²) in [5.74, 6) is 0.0261. The van der Waals surface area contributed by atoms with Gasteiger partial charge in [0.15, 0.2) is 11.6 Å². The first-order chi connectivity index (χ1) is 18.2. The molecule has 0 amide bonds. The minimum absolute atomic E-state index is 0.0298. The number of methoxy groups -OCH3 is 1. The van der Waals surface area contributed by atoms with E-state index < -0.39 is 23.4 Å². The largest absolute Gasteiger partial charge is 0.497 e. The first-order valence-corrected chi connectivity index (χ1v) is 11.6. The second-order valence-corrected chi connectivity index (χ2v) is 8.53. The summed E-state index contributed by atoms with van der Waals surface area (Å²) in [7, 11) is 1.60. The Balaban J connectivity index is 1.24. The molecule has 0 atom stereocenters. The summed E-state index contributed by atoms with van der Waals surface area (Å²) >= 11 is 0. The molecule has 0 fully saturated rings. The van der Waals surface area contributed by atoms with Crippen molar-refractivity contribution < 1.29 is 31.8 Å². The molecule has 2 aromatic carbocycles. The molecule has 3 heterocycles. The van der Waals surface area contributed by atoms with Crippen molar-refractivity contribution in [2.45, 2.75) is 25.6 Å². The molecule has 1 aliphatic rings. The minimum atomic E-state index is -4.57. The Bertz CT molecular complexity index is 1540. The maximum absolute atomic E-state index is 14.6. The smallest absolute Gasteiger partial charge is 0.433 e. The quantitative estimate of drug-likeness (QED) is 0.298. The number of ether oxygens (including phenoxy) is 3. The Morgan fingerprint density at radius 2 is 1.84 bits per heavy atom. The highest BCUT2D eigenvalue weighted by Crippen LogP contribution is 2.33. The van der Waals surface area contributed by atoms with E-state index in [1.807, 2.05) is 18.2 Å². The average Bonchev–Trinajstić information content (AvgIpc) is 2.89. The van der Waals surface area contributed by atoms with E-state index in [2.05, 4.69) is 9.97 Å². The van der Waals surface area contributed by atoms with E-state index in [4.69, 9.17) is 14.2 Å². The maximum Gasteiger partial charge on any atom is 0.433 e. The van der Waals surface area contributed by atoms with Gasteiger partial charge in [-0.05, 0) is 60.0 Å². The second kappa shape index (κ2) is 10.2. The first-order valence-electron chi connectivity index (χ1n) is 11.6. The van der Waals surface area contributed by atoms with E-state index in [0.717, 1.165) is 35.2 Å². The van der Waals surface area contributed by atoms with Crippen LogP contribution in [-0.2, 0) is 25.6 Å². The molecule has 0 radical (unpaired) electrons. The Morgan fingerprint density at radius 3 is 2.55 bits per heavy atom. The lowest BCUT2D eigenvalue weighted by Crippen LogP contribution is -2.28. The summed E-state index contributed by atoms with van der Waals surface area (Å²) in [4.78, 5) is 19.9. The lowest BCUT2D eigenvalue weighted by atomic mass is 9.97. The topological polar surface area (TPSA) is 75.5 Å². The van der Waals surface area contributed by atoms with Crippen LogP contribution in [0.1, 0.15) is 16.8 Å². The number of nitrogens with zero attached hydrogens (tertiary/aromatic N) is 3. The van der Waals surface area contributed by atoms with Crippen molar-refractivity contribution in [3.63, 3.8) is 0 Å². The number of hydrogen-bond donors (Lipinski definition) is 0. The summed E-state index contributed by atoms with van der Waals surface area (Å²) in [6, 6.07) is 13.4. The van der Waals surface area contributed by atoms with Crippen LogP contribution in [0.5, 0.6) is 23.1 Å². The standard InChI is InChI=1S/C27H21F4N3O4/c1-36-18-3-5-20-17(13-18)8-10-34-22(20)14-25(33-26(34)35)37-11-9-16-2-6-23(21(28)12-16)38-19-4-7-24(32-15-19)27(29,30)31/h2-7,12-15H,8-11H2,1H3. The van der Waals surface area contributed by atoms with Crippen LogP contribution in [0.25, 0.3) is 11.3 Å². The fraction of sp³-hybridized carbons (Fsp3) is 0.222. The molecule has 5 rings (SSSR count). The number of fused-ring (bicyclic) bond motifs is 3. The third-order valence-electron chi connectivity index (χ3n) is 6.07. The molecule has 196 valence electrons. The Morgan fingerprint density at radius 1 is 1.03 bits per heavy atom. The van der Waals surface area contributed by atoms with Crippen LogP contribution in [0.2, 0.25) is 0 Å². The molecule has 38 heavy (non-hydrogen) atoms. The monoisotopic (exact) mass is 527 g/mol. The Labute approximate surface area is 214 Å². The van der Waals surface area contributed by atoms with Crippen LogP contribution in [-0.4, -0.2) is 28.3 Å². The fourth-order valence-corrected chi connectivity index (χ4v) is 4.18. The molecule has 1 aliphatic heterocycles. The molecule has 0 spiro atoms. The molecule has 11 heteroatoms. The van der Waals surface area contributed by atoms with Gasteiger partial charge in [-0.2, -0.15) is 18.2 Å². The highest BCUT2D eigenvalue weighted by Gasteiger charge is 2.32. The van der Waals surface area contributed by atoms with E-state index in [1.54, 1.807) is 23.8 Å². The highest BCUT2D eigenvalue weighted by molar-refractivity contribution is 5.67. The Kier molecular flexibility index (Phi) is 6.75. The third kappa shape index (κ3) is 5.31. The van der Waals surface area contributed by atoms with Crippen molar-refractivity contribution in [3.8, 4) is 34.4 Å². The number of pyridine rings is 1. The number of benzene rings is 2. The van der Waals surface area contributed by atoms with Crippen molar-refractivity contribution >= 4 is 0 Å². The average molecular weight is 527 g/mol. The normalized spacial score (nSPS) is 12.4. The van der Waals surface area contributed by atoms with Crippen LogP contribution in [0.15, 0.2) is 65.6 Å². The van der Waals surface area contributed by atoms with Crippen molar-refractivity contribution in [3.05, 3.63) is 93.9 Å². The van der Waals surface area contributed by atoms with Crippen LogP contribution >= 0.6 is 0 Å². The van der Waals surface area contributed by atoms with E-state index in [-0.39, 0.29) is 24.0 Å². The molecule has 0 saturated carbocycles. The van der Waals surface area contributed by atoms with Gasteiger partial charge in [0.25, 0.3) is 0 Å². The van der Waals surface area contributed by atoms with Gasteiger partial charge in [-0.1, -0.05) is 6.07 Å². The maximum atomic E-state index is 14.6. The summed E-state index contributed by atoms with van der Waals surface area (Å²) in [5.41, 5.74) is 1.78. The molecule has 0 aliphatic carbocycles. The zero-order valence-electron chi connectivity index (χ0n) is 20.1. The van der Waals surface area contributed by atoms with Gasteiger partial charge in [0.1, 0.15) is 17.2 Å². The number of rotatable bonds is 7. The molecule has 0 bridgehead atoms. The van der Waals surface area contributed by atoms with Crippen LogP contribution < -0.4 is 19.9 Å². The molecule has 0 unspecified atom stereocenters. The number of aromatic nitrogens is 3. The number of hydrogen-bond acceptors (Lipinski definition) is 6. The van der Waals surface area contributed by atoms with Gasteiger partial charge in [0.2, 0.25) is 5.88 Å². The summed E-state index contributed by atoms with van der Waals surface area (Å²) < 4.78 is 70.4. The van der Waals surface area contributed by atoms with Crippen molar-refractivity contribution in [2.24, 2.45) is 0 Å². The molecular formula is C27H21F4N3O4. The zero-order chi connectivity index (χ0) is 26.9. The summed E-state index contributed by atoms with van der Waals surface area (Å²) in [5, 5.41) is 0. The van der Waals surface area contributed by atoms with E-state index in [9.17, 15) is 22.4 Å². The summed E-state index contributed by atoms with van der Waals surface area (Å²) in [6.45, 7) is 0.631. The molecule has 0 saturated heterocycles. The lowest BCUT2D eigenvalue weighted by Gasteiger charge is -2.22. The SMILES string of the molecule is COc1ccc2c(c1)CCn1c-2cc(OCCc2ccc(Oc3ccc(C(F)(F)F)nc3)c(F)c2)nc1=O. The third-order valence-corrected chi connectivity index (χ3v) is 6.07. The molecule has 2 aromatic heterocycles. The first kappa shape index (κ1) is 25.2. The fourth-order valence-electron chi connectivity index (χ4n) is 4.18. The second-order valence-electron chi connectivity index (χ2n) is 8.53. The minimum Gasteiger partial charge on any atom is -0.497 e. The number of halogens is 4. The van der Waals surface area contributed by atoms with Crippen molar-refractivity contribution in [1.29, 1.82) is 0 Å². The number of aryl methyl sites for hydroxylation is 1. The molecule has 0 N–H and O–H groups in total. The number of alkyl halides is 3. The van der Waals surface area contributed by atoms with Gasteiger partial charge in [-0.25, -0.2) is 14.2 Å². The zero-order valence-corrected chi connectivity index (χ0v) is 20.1. The highest BCUT2D eigenvalue weighted by atomic mass is 19.4. The van der Waals surface area contributed by atoms with Crippen molar-refractivity contribution in [1.82, 2.24) is 14.5 Å². The van der Waals surface area contributed by atoms with Crippen LogP contribution in [0, 0.1) is 5.82 Å².